The maximum absolute atomic E-state index is 12.4. The van der Waals surface area contributed by atoms with E-state index in [0.29, 0.717) is 35.5 Å². The lowest BCUT2D eigenvalue weighted by atomic mass is 10.0. The SMILES string of the molecule is CC(C)(C)OC(=O)N1CC(Oc2ccc(C#N)cc2-c2ccc(OC(F)(F)F)cc2)C1. The van der Waals surface area contributed by atoms with Gasteiger partial charge < -0.3 is 19.1 Å². The van der Waals surface area contributed by atoms with Crippen molar-refractivity contribution in [3.8, 4) is 28.7 Å². The maximum Gasteiger partial charge on any atom is 0.573 e. The van der Waals surface area contributed by atoms with Gasteiger partial charge in [-0.05, 0) is 56.7 Å². The topological polar surface area (TPSA) is 71.8 Å². The maximum atomic E-state index is 12.4. The van der Waals surface area contributed by atoms with E-state index in [9.17, 15) is 23.2 Å². The van der Waals surface area contributed by atoms with Gasteiger partial charge in [0.15, 0.2) is 0 Å². The third kappa shape index (κ3) is 6.04. The zero-order chi connectivity index (χ0) is 22.8. The molecule has 0 aromatic heterocycles. The molecule has 1 aliphatic heterocycles. The molecular formula is C22H21F3N2O4. The van der Waals surface area contributed by atoms with Crippen molar-refractivity contribution in [1.29, 1.82) is 5.26 Å². The third-order valence-corrected chi connectivity index (χ3v) is 4.30. The molecule has 2 aromatic carbocycles. The Hall–Kier alpha value is -3.41. The summed E-state index contributed by atoms with van der Waals surface area (Å²) in [6, 6.07) is 12.1. The van der Waals surface area contributed by atoms with Gasteiger partial charge in [0, 0.05) is 5.56 Å². The lowest BCUT2D eigenvalue weighted by Gasteiger charge is -2.39. The molecule has 1 aliphatic rings. The average molecular weight is 434 g/mol. The fourth-order valence-corrected chi connectivity index (χ4v) is 2.93. The van der Waals surface area contributed by atoms with Gasteiger partial charge in [-0.25, -0.2) is 4.79 Å². The Morgan fingerprint density at radius 2 is 1.74 bits per heavy atom. The number of carbonyl (C=O) groups is 1. The summed E-state index contributed by atoms with van der Waals surface area (Å²) in [7, 11) is 0. The Morgan fingerprint density at radius 3 is 2.29 bits per heavy atom. The second-order valence-corrected chi connectivity index (χ2v) is 8.02. The zero-order valence-electron chi connectivity index (χ0n) is 17.2. The van der Waals surface area contributed by atoms with Crippen LogP contribution >= 0.6 is 0 Å². The quantitative estimate of drug-likeness (QED) is 0.668. The van der Waals surface area contributed by atoms with Crippen molar-refractivity contribution in [2.24, 2.45) is 0 Å². The van der Waals surface area contributed by atoms with Crippen molar-refractivity contribution in [2.45, 2.75) is 38.8 Å². The van der Waals surface area contributed by atoms with Gasteiger partial charge in [0.25, 0.3) is 0 Å². The van der Waals surface area contributed by atoms with E-state index in [1.165, 1.54) is 29.2 Å². The van der Waals surface area contributed by atoms with Gasteiger partial charge in [-0.2, -0.15) is 5.26 Å². The molecule has 1 amide bonds. The van der Waals surface area contributed by atoms with Gasteiger partial charge in [0.2, 0.25) is 0 Å². The van der Waals surface area contributed by atoms with Crippen LogP contribution in [0.5, 0.6) is 11.5 Å². The van der Waals surface area contributed by atoms with Crippen LogP contribution in [0, 0.1) is 11.3 Å². The van der Waals surface area contributed by atoms with Crippen molar-refractivity contribution in [3.05, 3.63) is 48.0 Å². The molecule has 0 bridgehead atoms. The zero-order valence-corrected chi connectivity index (χ0v) is 17.2. The average Bonchev–Trinajstić information content (AvgIpc) is 2.62. The molecule has 0 unspecified atom stereocenters. The number of carbonyl (C=O) groups excluding carboxylic acids is 1. The Bertz CT molecular complexity index is 986. The highest BCUT2D eigenvalue weighted by Crippen LogP contribution is 2.34. The van der Waals surface area contributed by atoms with E-state index in [2.05, 4.69) is 4.74 Å². The molecule has 2 aromatic rings. The first-order valence-electron chi connectivity index (χ1n) is 9.48. The molecule has 0 N–H and O–H groups in total. The number of likely N-dealkylation sites (tertiary alicyclic amines) is 1. The van der Waals surface area contributed by atoms with E-state index in [1.807, 2.05) is 6.07 Å². The number of benzene rings is 2. The lowest BCUT2D eigenvalue weighted by Crippen LogP contribution is -2.57. The van der Waals surface area contributed by atoms with E-state index in [4.69, 9.17) is 9.47 Å². The van der Waals surface area contributed by atoms with Gasteiger partial charge in [-0.15, -0.1) is 13.2 Å². The smallest absolute Gasteiger partial charge is 0.486 e. The first-order valence-corrected chi connectivity index (χ1v) is 9.48. The summed E-state index contributed by atoms with van der Waals surface area (Å²) in [5, 5.41) is 9.21. The number of ether oxygens (including phenoxy) is 3. The van der Waals surface area contributed by atoms with Crippen LogP contribution in [0.15, 0.2) is 42.5 Å². The molecule has 3 rings (SSSR count). The van der Waals surface area contributed by atoms with Crippen LogP contribution in [0.25, 0.3) is 11.1 Å². The van der Waals surface area contributed by atoms with E-state index in [1.54, 1.807) is 39.0 Å². The van der Waals surface area contributed by atoms with Crippen LogP contribution in [-0.4, -0.2) is 42.2 Å². The van der Waals surface area contributed by atoms with Crippen molar-refractivity contribution >= 4 is 6.09 Å². The molecule has 6 nitrogen and oxygen atoms in total. The summed E-state index contributed by atoms with van der Waals surface area (Å²) >= 11 is 0. The molecule has 164 valence electrons. The molecule has 1 heterocycles. The van der Waals surface area contributed by atoms with Crippen LogP contribution in [0.4, 0.5) is 18.0 Å². The van der Waals surface area contributed by atoms with Crippen molar-refractivity contribution in [2.75, 3.05) is 13.1 Å². The van der Waals surface area contributed by atoms with E-state index < -0.39 is 18.1 Å². The Kier molecular flexibility index (Phi) is 6.02. The molecule has 0 saturated carbocycles. The Morgan fingerprint density at radius 1 is 1.10 bits per heavy atom. The molecule has 31 heavy (non-hydrogen) atoms. The molecular weight excluding hydrogens is 413 g/mol. The fraction of sp³-hybridized carbons (Fsp3) is 0.364. The van der Waals surface area contributed by atoms with Crippen molar-refractivity contribution in [1.82, 2.24) is 4.90 Å². The van der Waals surface area contributed by atoms with Crippen molar-refractivity contribution in [3.63, 3.8) is 0 Å². The minimum atomic E-state index is -4.78. The molecule has 0 spiro atoms. The summed E-state index contributed by atoms with van der Waals surface area (Å²) in [5.41, 5.74) is 0.894. The Labute approximate surface area is 177 Å². The predicted molar refractivity (Wildman–Crippen MR) is 105 cm³/mol. The number of rotatable bonds is 4. The second-order valence-electron chi connectivity index (χ2n) is 8.02. The van der Waals surface area contributed by atoms with Crippen molar-refractivity contribution < 1.29 is 32.2 Å². The normalized spacial score (nSPS) is 14.4. The lowest BCUT2D eigenvalue weighted by molar-refractivity contribution is -0.274. The molecule has 1 fully saturated rings. The number of alkyl halides is 3. The van der Waals surface area contributed by atoms with E-state index >= 15 is 0 Å². The minimum Gasteiger partial charge on any atom is -0.486 e. The summed E-state index contributed by atoms with van der Waals surface area (Å²) in [6.07, 6.45) is -5.47. The number of amides is 1. The van der Waals surface area contributed by atoms with Gasteiger partial charge in [-0.3, -0.25) is 0 Å². The minimum absolute atomic E-state index is 0.271. The second kappa shape index (κ2) is 8.38. The highest BCUT2D eigenvalue weighted by Gasteiger charge is 2.35. The fourth-order valence-electron chi connectivity index (χ4n) is 2.93. The van der Waals surface area contributed by atoms with Crippen LogP contribution in [0.2, 0.25) is 0 Å². The van der Waals surface area contributed by atoms with Gasteiger partial charge in [0.05, 0.1) is 24.7 Å². The first-order chi connectivity index (χ1) is 14.4. The van der Waals surface area contributed by atoms with Gasteiger partial charge in [0.1, 0.15) is 23.2 Å². The first kappa shape index (κ1) is 22.3. The third-order valence-electron chi connectivity index (χ3n) is 4.30. The highest BCUT2D eigenvalue weighted by molar-refractivity contribution is 5.73. The summed E-state index contributed by atoms with van der Waals surface area (Å²) < 4.78 is 52.3. The largest absolute Gasteiger partial charge is 0.573 e. The Balaban J connectivity index is 1.73. The van der Waals surface area contributed by atoms with Gasteiger partial charge >= 0.3 is 12.5 Å². The monoisotopic (exact) mass is 434 g/mol. The number of halogens is 3. The molecule has 0 atom stereocenters. The van der Waals surface area contributed by atoms with E-state index in [-0.39, 0.29) is 11.9 Å². The molecule has 0 radical (unpaired) electrons. The number of hydrogen-bond acceptors (Lipinski definition) is 5. The molecule has 0 aliphatic carbocycles. The van der Waals surface area contributed by atoms with Crippen LogP contribution < -0.4 is 9.47 Å². The molecule has 1 saturated heterocycles. The molecule has 9 heteroatoms. The standard InChI is InChI=1S/C22H21F3N2O4/c1-21(2,3)31-20(28)27-12-17(13-27)29-19-9-4-14(11-26)10-18(19)15-5-7-16(8-6-15)30-22(23,24)25/h4-10,17H,12-13H2,1-3H3. The summed E-state index contributed by atoms with van der Waals surface area (Å²) in [6.45, 7) is 6.03. The van der Waals surface area contributed by atoms with E-state index in [0.717, 1.165) is 0 Å². The predicted octanol–water partition coefficient (Wildman–Crippen LogP) is 5.12. The summed E-state index contributed by atoms with van der Waals surface area (Å²) in [5.74, 6) is 0.111. The number of nitriles is 1. The van der Waals surface area contributed by atoms with Crippen LogP contribution in [0.1, 0.15) is 26.3 Å². The van der Waals surface area contributed by atoms with Crippen LogP contribution in [0.3, 0.4) is 0 Å². The number of nitrogens with zero attached hydrogens (tertiary/aromatic N) is 2. The van der Waals surface area contributed by atoms with Gasteiger partial charge in [-0.1, -0.05) is 12.1 Å². The summed E-state index contributed by atoms with van der Waals surface area (Å²) in [4.78, 5) is 13.6. The highest BCUT2D eigenvalue weighted by atomic mass is 19.4. The number of hydrogen-bond donors (Lipinski definition) is 0. The van der Waals surface area contributed by atoms with Crippen LogP contribution in [-0.2, 0) is 4.74 Å².